The molecule has 158 valence electrons. The van der Waals surface area contributed by atoms with Gasteiger partial charge in [-0.2, -0.15) is 0 Å². The molecule has 0 saturated carbocycles. The molecule has 1 amide bonds. The van der Waals surface area contributed by atoms with Crippen LogP contribution in [-0.4, -0.2) is 69.5 Å². The van der Waals surface area contributed by atoms with Crippen molar-refractivity contribution < 1.29 is 9.18 Å². The van der Waals surface area contributed by atoms with Crippen LogP contribution in [0.25, 0.3) is 0 Å². The molecule has 0 aromatic heterocycles. The quantitative estimate of drug-likeness (QED) is 0.355. The smallest absolute Gasteiger partial charge is 0.220 e. The van der Waals surface area contributed by atoms with Crippen molar-refractivity contribution in [3.63, 3.8) is 0 Å². The van der Waals surface area contributed by atoms with Gasteiger partial charge in [-0.15, -0.1) is 24.0 Å². The zero-order chi connectivity index (χ0) is 19.8. The number of likely N-dealkylation sites (tertiary alicyclic amines) is 1. The fraction of sp³-hybridized carbons (Fsp3) is 0.600. The molecule has 2 N–H and O–H groups in total. The van der Waals surface area contributed by atoms with Crippen LogP contribution in [0.15, 0.2) is 29.3 Å². The number of carbonyl (C=O) groups is 1. The summed E-state index contributed by atoms with van der Waals surface area (Å²) in [6.07, 6.45) is 2.58. The zero-order valence-corrected chi connectivity index (χ0v) is 19.6. The Kier molecular flexibility index (Phi) is 10.7. The van der Waals surface area contributed by atoms with Crippen molar-refractivity contribution in [2.75, 3.05) is 47.8 Å². The predicted octanol–water partition coefficient (Wildman–Crippen LogP) is 2.47. The number of guanidine groups is 1. The third-order valence-electron chi connectivity index (χ3n) is 5.21. The molecule has 8 heteroatoms. The standard InChI is InChI=1S/C20H32FN5O.HI/c1-22-19(27)13-15-9-11-26(12-10-15)20(23-2)24-14-18(25(3)4)16-5-7-17(21)8-6-16;/h5-8,15,18H,9-14H2,1-4H3,(H,22,27)(H,23,24);1H. The van der Waals surface area contributed by atoms with Crippen LogP contribution >= 0.6 is 24.0 Å². The van der Waals surface area contributed by atoms with Gasteiger partial charge in [-0.05, 0) is 50.6 Å². The molecule has 0 aliphatic carbocycles. The molecule has 2 rings (SSSR count). The van der Waals surface area contributed by atoms with Gasteiger partial charge in [-0.1, -0.05) is 12.1 Å². The van der Waals surface area contributed by atoms with Crippen molar-refractivity contribution in [2.45, 2.75) is 25.3 Å². The topological polar surface area (TPSA) is 60.0 Å². The number of hydrogen-bond donors (Lipinski definition) is 2. The number of aliphatic imine (C=N–C) groups is 1. The van der Waals surface area contributed by atoms with Gasteiger partial charge < -0.3 is 20.4 Å². The van der Waals surface area contributed by atoms with Crippen molar-refractivity contribution in [1.29, 1.82) is 0 Å². The molecule has 0 radical (unpaired) electrons. The average molecular weight is 505 g/mol. The number of carbonyl (C=O) groups excluding carboxylic acids is 1. The molecule has 6 nitrogen and oxygen atoms in total. The number of rotatable bonds is 6. The fourth-order valence-electron chi connectivity index (χ4n) is 3.52. The SMILES string of the molecule is CN=C(NCC(c1ccc(F)cc1)N(C)C)N1CCC(CC(=O)NC)CC1.I. The Hall–Kier alpha value is -1.42. The highest BCUT2D eigenvalue weighted by Crippen LogP contribution is 2.21. The molecule has 1 atom stereocenters. The lowest BCUT2D eigenvalue weighted by Crippen LogP contribution is -2.47. The van der Waals surface area contributed by atoms with Gasteiger partial charge in [0.1, 0.15) is 5.82 Å². The predicted molar refractivity (Wildman–Crippen MR) is 123 cm³/mol. The highest BCUT2D eigenvalue weighted by molar-refractivity contribution is 14.0. The van der Waals surface area contributed by atoms with Gasteiger partial charge in [0, 0.05) is 40.2 Å². The average Bonchev–Trinajstić information content (AvgIpc) is 2.67. The first-order valence-electron chi connectivity index (χ1n) is 9.52. The largest absolute Gasteiger partial charge is 0.359 e. The summed E-state index contributed by atoms with van der Waals surface area (Å²) in [7, 11) is 7.51. The molecule has 0 bridgehead atoms. The van der Waals surface area contributed by atoms with Crippen molar-refractivity contribution >= 4 is 35.8 Å². The fourth-order valence-corrected chi connectivity index (χ4v) is 3.52. The first-order chi connectivity index (χ1) is 12.9. The summed E-state index contributed by atoms with van der Waals surface area (Å²) in [5.74, 6) is 1.21. The van der Waals surface area contributed by atoms with E-state index in [1.54, 1.807) is 14.1 Å². The Morgan fingerprint density at radius 3 is 2.39 bits per heavy atom. The Balaban J connectivity index is 0.00000392. The number of nitrogens with zero attached hydrogens (tertiary/aromatic N) is 3. The number of likely N-dealkylation sites (N-methyl/N-ethyl adjacent to an activating group) is 1. The summed E-state index contributed by atoms with van der Waals surface area (Å²) in [4.78, 5) is 20.3. The Morgan fingerprint density at radius 1 is 1.29 bits per heavy atom. The van der Waals surface area contributed by atoms with Crippen molar-refractivity contribution in [1.82, 2.24) is 20.4 Å². The zero-order valence-electron chi connectivity index (χ0n) is 17.2. The summed E-state index contributed by atoms with van der Waals surface area (Å²) in [5.41, 5.74) is 1.06. The van der Waals surface area contributed by atoms with Crippen LogP contribution in [0, 0.1) is 11.7 Å². The van der Waals surface area contributed by atoms with Crippen LogP contribution in [0.5, 0.6) is 0 Å². The first kappa shape index (κ1) is 24.6. The number of nitrogens with one attached hydrogen (secondary N) is 2. The Bertz CT molecular complexity index is 630. The van der Waals surface area contributed by atoms with Gasteiger partial charge in [0.25, 0.3) is 0 Å². The van der Waals surface area contributed by atoms with Crippen LogP contribution in [0.2, 0.25) is 0 Å². The molecule has 1 unspecified atom stereocenters. The van der Waals surface area contributed by atoms with E-state index in [1.807, 2.05) is 26.2 Å². The lowest BCUT2D eigenvalue weighted by molar-refractivity contribution is -0.121. The summed E-state index contributed by atoms with van der Waals surface area (Å²) < 4.78 is 13.2. The van der Waals surface area contributed by atoms with E-state index in [4.69, 9.17) is 0 Å². The van der Waals surface area contributed by atoms with Crippen molar-refractivity contribution in [3.05, 3.63) is 35.6 Å². The maximum atomic E-state index is 13.2. The van der Waals surface area contributed by atoms with Gasteiger partial charge in [0.05, 0.1) is 6.04 Å². The van der Waals surface area contributed by atoms with Crippen molar-refractivity contribution in [2.24, 2.45) is 10.9 Å². The lowest BCUT2D eigenvalue weighted by atomic mass is 9.93. The normalized spacial score (nSPS) is 16.5. The maximum absolute atomic E-state index is 13.2. The van der Waals surface area contributed by atoms with Gasteiger partial charge in [-0.3, -0.25) is 9.79 Å². The van der Waals surface area contributed by atoms with Crippen LogP contribution in [0.4, 0.5) is 4.39 Å². The van der Waals surface area contributed by atoms with E-state index in [2.05, 4.69) is 25.4 Å². The molecule has 1 aromatic rings. The Labute approximate surface area is 185 Å². The maximum Gasteiger partial charge on any atom is 0.220 e. The summed E-state index contributed by atoms with van der Waals surface area (Å²) >= 11 is 0. The van der Waals surface area contributed by atoms with E-state index in [9.17, 15) is 9.18 Å². The molecule has 0 spiro atoms. The third kappa shape index (κ3) is 7.20. The van der Waals surface area contributed by atoms with E-state index in [-0.39, 0.29) is 41.7 Å². The minimum Gasteiger partial charge on any atom is -0.359 e. The second kappa shape index (κ2) is 12.2. The summed E-state index contributed by atoms with van der Waals surface area (Å²) in [5, 5.41) is 6.16. The molecule has 1 aliphatic rings. The highest BCUT2D eigenvalue weighted by atomic mass is 127. The van der Waals surface area contributed by atoms with Crippen LogP contribution < -0.4 is 10.6 Å². The molecule has 1 heterocycles. The van der Waals surface area contributed by atoms with Crippen molar-refractivity contribution in [3.8, 4) is 0 Å². The number of amides is 1. The van der Waals surface area contributed by atoms with Crippen LogP contribution in [-0.2, 0) is 4.79 Å². The minimum atomic E-state index is -0.223. The monoisotopic (exact) mass is 505 g/mol. The van der Waals surface area contributed by atoms with E-state index >= 15 is 0 Å². The van der Waals surface area contributed by atoms with Crippen LogP contribution in [0.3, 0.4) is 0 Å². The molecule has 1 aromatic carbocycles. The van der Waals surface area contributed by atoms with E-state index in [0.29, 0.717) is 18.9 Å². The molecule has 28 heavy (non-hydrogen) atoms. The first-order valence-corrected chi connectivity index (χ1v) is 9.52. The van der Waals surface area contributed by atoms with Gasteiger partial charge in [-0.25, -0.2) is 4.39 Å². The van der Waals surface area contributed by atoms with Gasteiger partial charge in [0.15, 0.2) is 5.96 Å². The van der Waals surface area contributed by atoms with E-state index in [1.165, 1.54) is 12.1 Å². The number of piperidine rings is 1. The van der Waals surface area contributed by atoms with E-state index in [0.717, 1.165) is 37.5 Å². The minimum absolute atomic E-state index is 0. The van der Waals surface area contributed by atoms with Crippen LogP contribution in [0.1, 0.15) is 30.9 Å². The summed E-state index contributed by atoms with van der Waals surface area (Å²) in [6.45, 7) is 2.47. The molecule has 1 saturated heterocycles. The summed E-state index contributed by atoms with van der Waals surface area (Å²) in [6, 6.07) is 6.77. The second-order valence-electron chi connectivity index (χ2n) is 7.27. The number of benzene rings is 1. The van der Waals surface area contributed by atoms with E-state index < -0.39 is 0 Å². The van der Waals surface area contributed by atoms with Gasteiger partial charge >= 0.3 is 0 Å². The highest BCUT2D eigenvalue weighted by Gasteiger charge is 2.24. The second-order valence-corrected chi connectivity index (χ2v) is 7.27. The molecule has 1 fully saturated rings. The number of hydrogen-bond acceptors (Lipinski definition) is 3. The third-order valence-corrected chi connectivity index (χ3v) is 5.21. The number of halogens is 2. The Morgan fingerprint density at radius 2 is 1.89 bits per heavy atom. The molecule has 1 aliphatic heterocycles. The lowest BCUT2D eigenvalue weighted by Gasteiger charge is -2.35. The molecular weight excluding hydrogens is 472 g/mol. The molecular formula is C20H33FIN5O. The van der Waals surface area contributed by atoms with Gasteiger partial charge in [0.2, 0.25) is 5.91 Å².